The number of carbonyl (C=O) groups is 4. The van der Waals surface area contributed by atoms with Crippen molar-refractivity contribution in [2.45, 2.75) is 118 Å². The Hall–Kier alpha value is -5.06. The van der Waals surface area contributed by atoms with Gasteiger partial charge in [-0.3, -0.25) is 0 Å². The van der Waals surface area contributed by atoms with Crippen LogP contribution in [0.4, 0.5) is 0 Å². The van der Waals surface area contributed by atoms with E-state index in [1.807, 2.05) is 24.3 Å². The third-order valence-corrected chi connectivity index (χ3v) is 7.09. The second kappa shape index (κ2) is 17.4. The number of hydrogen-bond acceptors (Lipinski definition) is 11. The smallest absolute Gasteiger partial charge is 0.344 e. The van der Waals surface area contributed by atoms with Crippen molar-refractivity contribution in [3.05, 3.63) is 88.0 Å². The zero-order valence-electron chi connectivity index (χ0n) is 34.0. The largest absolute Gasteiger partial charge is 0.496 e. The Balaban J connectivity index is 2.07. The van der Waals surface area contributed by atoms with Crippen LogP contribution in [0.15, 0.2) is 54.6 Å². The normalized spacial score (nSPS) is 12.0. The van der Waals surface area contributed by atoms with Crippen LogP contribution in [0.2, 0.25) is 0 Å². The van der Waals surface area contributed by atoms with E-state index in [9.17, 15) is 19.2 Å². The molecule has 0 aromatic heterocycles. The van der Waals surface area contributed by atoms with Crippen molar-refractivity contribution < 1.29 is 52.3 Å². The second-order valence-electron chi connectivity index (χ2n) is 16.9. The van der Waals surface area contributed by atoms with Crippen LogP contribution in [-0.2, 0) is 41.4 Å². The number of methoxy groups -OCH3 is 1. The minimum Gasteiger partial charge on any atom is -0.496 e. The number of ether oxygens (including phenoxy) is 7. The first-order valence-corrected chi connectivity index (χ1v) is 17.9. The Kier molecular flexibility index (Phi) is 14.0. The van der Waals surface area contributed by atoms with Crippen LogP contribution in [0.1, 0.15) is 126 Å². The second-order valence-corrected chi connectivity index (χ2v) is 16.9. The first-order chi connectivity index (χ1) is 24.8. The summed E-state index contributed by atoms with van der Waals surface area (Å²) in [4.78, 5) is 52.1. The summed E-state index contributed by atoms with van der Waals surface area (Å²) in [6.07, 6.45) is 0.451. The van der Waals surface area contributed by atoms with E-state index in [2.05, 4.69) is 0 Å². The molecule has 0 heterocycles. The fourth-order valence-electron chi connectivity index (χ4n) is 5.21. The summed E-state index contributed by atoms with van der Waals surface area (Å²) in [5, 5.41) is 0. The Morgan fingerprint density at radius 2 is 0.796 bits per heavy atom. The Bertz CT molecular complexity index is 1650. The molecule has 54 heavy (non-hydrogen) atoms. The Morgan fingerprint density at radius 3 is 1.07 bits per heavy atom. The topological polar surface area (TPSA) is 133 Å². The van der Waals surface area contributed by atoms with Gasteiger partial charge in [0, 0.05) is 24.0 Å². The van der Waals surface area contributed by atoms with Gasteiger partial charge in [0.05, 0.1) is 18.2 Å². The van der Waals surface area contributed by atoms with E-state index in [0.29, 0.717) is 28.4 Å². The third kappa shape index (κ3) is 14.4. The SMILES string of the molecule is COc1c(Cc2ccc(OCC(=O)OC(C)(C)C)cc2)c(C(=O)OC(C)(C)C)cc(C(=O)OC(C)(C)C)c1Cc1ccc(OCC(=O)OC(C)(C)C)cc1. The number of esters is 4. The minimum absolute atomic E-state index is 0.155. The molecule has 0 aliphatic heterocycles. The molecule has 0 atom stereocenters. The predicted molar refractivity (Wildman–Crippen MR) is 205 cm³/mol. The molecule has 0 saturated heterocycles. The van der Waals surface area contributed by atoms with Crippen LogP contribution in [0.25, 0.3) is 0 Å². The van der Waals surface area contributed by atoms with Gasteiger partial charge in [0.15, 0.2) is 13.2 Å². The molecular weight excluding hydrogens is 692 g/mol. The van der Waals surface area contributed by atoms with Crippen LogP contribution in [-0.4, -0.2) is 66.6 Å². The third-order valence-electron chi connectivity index (χ3n) is 7.09. The number of rotatable bonds is 13. The minimum atomic E-state index is -0.827. The maximum atomic E-state index is 13.9. The maximum absolute atomic E-state index is 13.9. The van der Waals surface area contributed by atoms with E-state index in [1.165, 1.54) is 13.2 Å². The quantitative estimate of drug-likeness (QED) is 0.124. The predicted octanol–water partition coefficient (Wildman–Crippen LogP) is 8.23. The fourth-order valence-corrected chi connectivity index (χ4v) is 5.21. The van der Waals surface area contributed by atoms with Crippen molar-refractivity contribution in [2.75, 3.05) is 20.3 Å². The van der Waals surface area contributed by atoms with Gasteiger partial charge in [0.2, 0.25) is 0 Å². The maximum Gasteiger partial charge on any atom is 0.344 e. The summed E-state index contributed by atoms with van der Waals surface area (Å²) in [6, 6.07) is 15.7. The van der Waals surface area contributed by atoms with E-state index >= 15 is 0 Å². The van der Waals surface area contributed by atoms with E-state index in [4.69, 9.17) is 33.2 Å². The van der Waals surface area contributed by atoms with Gasteiger partial charge in [0.1, 0.15) is 39.7 Å². The van der Waals surface area contributed by atoms with E-state index < -0.39 is 46.3 Å². The van der Waals surface area contributed by atoms with Crippen LogP contribution in [0.5, 0.6) is 17.2 Å². The van der Waals surface area contributed by atoms with Crippen molar-refractivity contribution >= 4 is 23.9 Å². The lowest BCUT2D eigenvalue weighted by Gasteiger charge is -2.25. The lowest BCUT2D eigenvalue weighted by atomic mass is 9.89. The molecule has 3 aromatic carbocycles. The number of benzene rings is 3. The average molecular weight is 749 g/mol. The molecule has 11 heteroatoms. The molecule has 0 fully saturated rings. The monoisotopic (exact) mass is 748 g/mol. The molecule has 0 N–H and O–H groups in total. The molecule has 0 saturated carbocycles. The lowest BCUT2D eigenvalue weighted by molar-refractivity contribution is -0.158. The van der Waals surface area contributed by atoms with Crippen molar-refractivity contribution in [1.29, 1.82) is 0 Å². The first kappa shape index (κ1) is 43.3. The summed E-state index contributed by atoms with van der Waals surface area (Å²) in [5.41, 5.74) is 0.00465. The fraction of sp³-hybridized carbons (Fsp3) is 0.488. The lowest BCUT2D eigenvalue weighted by Crippen LogP contribution is -2.27. The summed E-state index contributed by atoms with van der Waals surface area (Å²) in [6.45, 7) is 20.8. The van der Waals surface area contributed by atoms with Crippen LogP contribution < -0.4 is 14.2 Å². The highest BCUT2D eigenvalue weighted by Crippen LogP contribution is 2.37. The van der Waals surface area contributed by atoms with Gasteiger partial charge in [0.25, 0.3) is 0 Å². The van der Waals surface area contributed by atoms with Crippen molar-refractivity contribution in [2.24, 2.45) is 0 Å². The molecule has 0 spiro atoms. The van der Waals surface area contributed by atoms with E-state index in [0.717, 1.165) is 11.1 Å². The molecule has 294 valence electrons. The van der Waals surface area contributed by atoms with Gasteiger partial charge in [-0.05, 0) is 125 Å². The Morgan fingerprint density at radius 1 is 0.481 bits per heavy atom. The van der Waals surface area contributed by atoms with Crippen molar-refractivity contribution in [3.8, 4) is 17.2 Å². The zero-order valence-corrected chi connectivity index (χ0v) is 34.0. The van der Waals surface area contributed by atoms with E-state index in [1.54, 1.807) is 107 Å². The van der Waals surface area contributed by atoms with Gasteiger partial charge < -0.3 is 33.2 Å². The summed E-state index contributed by atoms with van der Waals surface area (Å²) < 4.78 is 39.6. The number of hydrogen-bond donors (Lipinski definition) is 0. The number of carbonyl (C=O) groups excluding carboxylic acids is 4. The van der Waals surface area contributed by atoms with Crippen LogP contribution in [0, 0.1) is 0 Å². The standard InChI is InChI=1S/C43H56O11/c1-40(2,3)51-35(44)25-49-29-18-14-27(15-19-29)22-31-33(38(46)53-42(7,8)9)24-34(39(47)54-43(10,11)12)32(37(31)48-13)23-28-16-20-30(21-17-28)50-26-36(45)52-41(4,5)6/h14-21,24H,22-23,25-26H2,1-13H3. The summed E-state index contributed by atoms with van der Waals surface area (Å²) >= 11 is 0. The highest BCUT2D eigenvalue weighted by Gasteiger charge is 2.31. The molecule has 0 aliphatic carbocycles. The summed E-state index contributed by atoms with van der Waals surface area (Å²) in [5.74, 6) is -0.980. The highest BCUT2D eigenvalue weighted by atomic mass is 16.6. The first-order valence-electron chi connectivity index (χ1n) is 17.9. The molecule has 0 radical (unpaired) electrons. The zero-order chi connectivity index (χ0) is 40.6. The van der Waals surface area contributed by atoms with Gasteiger partial charge >= 0.3 is 23.9 Å². The van der Waals surface area contributed by atoms with Gasteiger partial charge in [-0.1, -0.05) is 24.3 Å². The van der Waals surface area contributed by atoms with Crippen LogP contribution >= 0.6 is 0 Å². The molecule has 0 amide bonds. The van der Waals surface area contributed by atoms with E-state index in [-0.39, 0.29) is 37.2 Å². The van der Waals surface area contributed by atoms with Gasteiger partial charge in [-0.2, -0.15) is 0 Å². The molecular formula is C43H56O11. The Labute approximate surface area is 319 Å². The molecule has 0 aliphatic rings. The molecule has 3 aromatic rings. The molecule has 3 rings (SSSR count). The molecule has 0 bridgehead atoms. The van der Waals surface area contributed by atoms with Gasteiger partial charge in [-0.25, -0.2) is 19.2 Å². The molecule has 11 nitrogen and oxygen atoms in total. The molecule has 0 unspecified atom stereocenters. The highest BCUT2D eigenvalue weighted by molar-refractivity contribution is 5.99. The van der Waals surface area contributed by atoms with Crippen LogP contribution in [0.3, 0.4) is 0 Å². The average Bonchev–Trinajstić information content (AvgIpc) is 3.01. The summed E-state index contributed by atoms with van der Waals surface area (Å²) in [7, 11) is 1.49. The van der Waals surface area contributed by atoms with Crippen molar-refractivity contribution in [1.82, 2.24) is 0 Å². The van der Waals surface area contributed by atoms with Crippen molar-refractivity contribution in [3.63, 3.8) is 0 Å². The van der Waals surface area contributed by atoms with Gasteiger partial charge in [-0.15, -0.1) is 0 Å².